The van der Waals surface area contributed by atoms with Crippen molar-refractivity contribution >= 4 is 33.8 Å². The van der Waals surface area contributed by atoms with Crippen molar-refractivity contribution in [2.45, 2.75) is 37.8 Å². The largest absolute Gasteiger partial charge is 0.565 e. The number of aromatic nitrogens is 1. The molecule has 0 spiro atoms. The molecule has 1 heterocycles. The summed E-state index contributed by atoms with van der Waals surface area (Å²) in [6.07, 6.45) is 2.54. The molecule has 0 bridgehead atoms. The van der Waals surface area contributed by atoms with Gasteiger partial charge in [0.05, 0.1) is 30.1 Å². The van der Waals surface area contributed by atoms with E-state index in [1.54, 1.807) is 0 Å². The van der Waals surface area contributed by atoms with Crippen LogP contribution < -0.4 is 10.0 Å². The van der Waals surface area contributed by atoms with Crippen molar-refractivity contribution in [3.05, 3.63) is 53.3 Å². The van der Waals surface area contributed by atoms with Gasteiger partial charge in [-0.1, -0.05) is 12.1 Å². The van der Waals surface area contributed by atoms with Crippen LogP contribution in [0.2, 0.25) is 0 Å². The molecule has 0 fully saturated rings. The van der Waals surface area contributed by atoms with E-state index in [9.17, 15) is 32.7 Å². The number of amides is 1. The first-order valence-electron chi connectivity index (χ1n) is 9.00. The Morgan fingerprint density at radius 2 is 1.84 bits per heavy atom. The van der Waals surface area contributed by atoms with E-state index < -0.39 is 22.0 Å². The molecular weight excluding hydrogens is 515 g/mol. The molecule has 2 aromatic rings. The van der Waals surface area contributed by atoms with Gasteiger partial charge < -0.3 is 15.2 Å². The van der Waals surface area contributed by atoms with E-state index in [2.05, 4.69) is 15.0 Å². The molecule has 1 aromatic carbocycles. The molecule has 10 nitrogen and oxygen atoms in total. The maximum absolute atomic E-state index is 12.4. The van der Waals surface area contributed by atoms with Crippen LogP contribution in [0.5, 0.6) is 5.75 Å². The summed E-state index contributed by atoms with van der Waals surface area (Å²) in [7, 11) is -4.00. The molecule has 0 unspecified atom stereocenters. The molecule has 0 saturated carbocycles. The molecule has 1 aromatic heterocycles. The molecule has 1 atom stereocenters. The maximum Gasteiger partial charge on any atom is 0.253 e. The number of nitrogens with zero attached hydrogens (tertiary/aromatic N) is 1. The van der Waals surface area contributed by atoms with Crippen LogP contribution in [0.15, 0.2) is 41.4 Å². The molecule has 167 valence electrons. The number of phenols is 1. The number of pyridine rings is 1. The molecule has 12 heteroatoms. The Kier molecular flexibility index (Phi) is 10.4. The number of aromatic hydroxyl groups is 1. The number of hydrogen-bond acceptors (Lipinski definition) is 8. The summed E-state index contributed by atoms with van der Waals surface area (Å²) < 4.78 is 27.0. The van der Waals surface area contributed by atoms with Crippen LogP contribution in [0.25, 0.3) is 0 Å². The molecule has 3 N–H and O–H groups in total. The third-order valence-electron chi connectivity index (χ3n) is 4.21. The topological polar surface area (TPSA) is 160 Å². The van der Waals surface area contributed by atoms with E-state index in [1.807, 2.05) is 0 Å². The molecule has 0 aliphatic heterocycles. The van der Waals surface area contributed by atoms with Crippen LogP contribution in [0.3, 0.4) is 0 Å². The molecule has 1 amide bonds. The van der Waals surface area contributed by atoms with Crippen molar-refractivity contribution in [3.63, 3.8) is 0 Å². The smallest absolute Gasteiger partial charge is 0.253 e. The summed E-state index contributed by atoms with van der Waals surface area (Å²) in [5, 5.41) is 11.9. The fourth-order valence-electron chi connectivity index (χ4n) is 2.51. The zero-order valence-corrected chi connectivity index (χ0v) is 20.9. The predicted octanol–water partition coefficient (Wildman–Crippen LogP) is 0.388. The summed E-state index contributed by atoms with van der Waals surface area (Å²) in [4.78, 5) is 49.6. The van der Waals surface area contributed by atoms with E-state index in [1.165, 1.54) is 38.5 Å². The van der Waals surface area contributed by atoms with Gasteiger partial charge in [0, 0.05) is 56.0 Å². The molecular formula is C20H20N3O7SY-. The summed E-state index contributed by atoms with van der Waals surface area (Å²) in [5.74, 6) is -1.58. The van der Waals surface area contributed by atoms with Crippen molar-refractivity contribution < 1.29 is 65.4 Å². The molecule has 32 heavy (non-hydrogen) atoms. The number of rotatable bonds is 10. The average Bonchev–Trinajstić information content (AvgIpc) is 2.72. The fraction of sp³-hybridized carbons (Fsp3) is 0.250. The molecule has 0 saturated heterocycles. The van der Waals surface area contributed by atoms with Crippen molar-refractivity contribution in [2.75, 3.05) is 0 Å². The Balaban J connectivity index is 0.00000512. The normalized spacial score (nSPS) is 11.7. The SMILES string of the molecule is CC(=O)C[C@H](NC(=O)c1ccc(CNS(=O)(=O)c2ccc(O)c([C-]=O)c2)nc1)C(C)=O.[Y]. The van der Waals surface area contributed by atoms with Gasteiger partial charge in [-0.25, -0.2) is 13.1 Å². The summed E-state index contributed by atoms with van der Waals surface area (Å²) in [6.45, 7) is 2.38. The van der Waals surface area contributed by atoms with Crippen molar-refractivity contribution in [1.82, 2.24) is 15.0 Å². The first-order valence-corrected chi connectivity index (χ1v) is 10.5. The number of sulfonamides is 1. The van der Waals surface area contributed by atoms with Crippen LogP contribution >= 0.6 is 0 Å². The minimum Gasteiger partial charge on any atom is -0.565 e. The number of ketones is 2. The number of carbonyl (C=O) groups is 3. The summed E-state index contributed by atoms with van der Waals surface area (Å²) in [5.41, 5.74) is 0.143. The Morgan fingerprint density at radius 3 is 2.38 bits per heavy atom. The van der Waals surface area contributed by atoms with E-state index in [0.29, 0.717) is 5.69 Å². The Hall–Kier alpha value is -2.34. The Labute approximate surface area is 210 Å². The minimum absolute atomic E-state index is 0. The van der Waals surface area contributed by atoms with Crippen LogP contribution in [-0.4, -0.2) is 48.3 Å². The van der Waals surface area contributed by atoms with E-state index in [-0.39, 0.29) is 79.0 Å². The van der Waals surface area contributed by atoms with Gasteiger partial charge in [-0.15, -0.1) is 11.6 Å². The standard InChI is InChI=1S/C20H20N3O7S.Y/c1-12(25)7-18(13(2)26)23-20(28)14-3-4-16(21-9-14)10-22-31(29,30)17-5-6-19(27)15(8-17)11-24;/h3-6,8-9,18,22,27H,7,10H2,1-2H3,(H,23,28);/q-1;/t18-;/m0./s1. The van der Waals surface area contributed by atoms with Crippen molar-refractivity contribution in [1.29, 1.82) is 0 Å². The number of carbonyl (C=O) groups excluding carboxylic acids is 4. The van der Waals surface area contributed by atoms with E-state index in [0.717, 1.165) is 18.2 Å². The monoisotopic (exact) mass is 535 g/mol. The minimum atomic E-state index is -4.00. The van der Waals surface area contributed by atoms with Crippen LogP contribution in [0, 0.1) is 0 Å². The van der Waals surface area contributed by atoms with Crippen LogP contribution in [-0.2, 0) is 63.7 Å². The first kappa shape index (κ1) is 27.7. The van der Waals surface area contributed by atoms with Gasteiger partial charge in [0.15, 0.2) is 5.78 Å². The van der Waals surface area contributed by atoms with E-state index >= 15 is 0 Å². The van der Waals surface area contributed by atoms with Gasteiger partial charge in [-0.3, -0.25) is 19.4 Å². The molecule has 2 rings (SSSR count). The number of benzene rings is 1. The van der Waals surface area contributed by atoms with Gasteiger partial charge in [0.25, 0.3) is 5.91 Å². The summed E-state index contributed by atoms with van der Waals surface area (Å²) in [6, 6.07) is 5.07. The van der Waals surface area contributed by atoms with Crippen LogP contribution in [0.1, 0.15) is 41.9 Å². The predicted molar refractivity (Wildman–Crippen MR) is 108 cm³/mol. The first-order chi connectivity index (χ1) is 14.5. The number of phenolic OH excluding ortho intramolecular Hbond substituents is 1. The fourth-order valence-corrected chi connectivity index (χ4v) is 3.53. The Morgan fingerprint density at radius 1 is 1.16 bits per heavy atom. The number of nitrogens with one attached hydrogen (secondary N) is 2. The zero-order valence-electron chi connectivity index (χ0n) is 17.3. The van der Waals surface area contributed by atoms with Gasteiger partial charge in [0.2, 0.25) is 10.0 Å². The number of hydrogen-bond donors (Lipinski definition) is 3. The third-order valence-corrected chi connectivity index (χ3v) is 5.61. The molecule has 0 aliphatic rings. The molecule has 0 aliphatic carbocycles. The van der Waals surface area contributed by atoms with Gasteiger partial charge >= 0.3 is 0 Å². The van der Waals surface area contributed by atoms with E-state index in [4.69, 9.17) is 0 Å². The quantitative estimate of drug-likeness (QED) is 0.369. The molecule has 1 radical (unpaired) electrons. The second kappa shape index (κ2) is 12.1. The Bertz CT molecular complexity index is 1120. The van der Waals surface area contributed by atoms with Gasteiger partial charge in [-0.05, 0) is 26.0 Å². The zero-order chi connectivity index (χ0) is 23.2. The van der Waals surface area contributed by atoms with Crippen molar-refractivity contribution in [2.24, 2.45) is 0 Å². The maximum atomic E-state index is 12.4. The second-order valence-corrected chi connectivity index (χ2v) is 8.45. The number of Topliss-reactive ketones (excluding diaryl/α,β-unsaturated/α-hetero) is 2. The average molecular weight is 535 g/mol. The third kappa shape index (κ3) is 7.66. The van der Waals surface area contributed by atoms with Crippen molar-refractivity contribution in [3.8, 4) is 5.75 Å². The van der Waals surface area contributed by atoms with Crippen LogP contribution in [0.4, 0.5) is 0 Å². The van der Waals surface area contributed by atoms with Gasteiger partial charge in [0.1, 0.15) is 5.78 Å². The van der Waals surface area contributed by atoms with Gasteiger partial charge in [-0.2, -0.15) is 0 Å². The second-order valence-electron chi connectivity index (χ2n) is 6.69. The summed E-state index contributed by atoms with van der Waals surface area (Å²) >= 11 is 0.